The number of aryl methyl sites for hydroxylation is 2. The number of nitrogens with two attached hydrogens (primary N) is 1. The third kappa shape index (κ3) is 2.27. The van der Waals surface area contributed by atoms with Crippen molar-refractivity contribution in [2.24, 2.45) is 5.73 Å². The molecule has 1 aromatic heterocycles. The van der Waals surface area contributed by atoms with E-state index in [1.165, 1.54) is 0 Å². The maximum Gasteiger partial charge on any atom is 0.258 e. The van der Waals surface area contributed by atoms with Crippen molar-refractivity contribution in [2.45, 2.75) is 26.9 Å². The first-order valence-electron chi connectivity index (χ1n) is 5.82. The second-order valence-electron chi connectivity index (χ2n) is 4.40. The zero-order valence-corrected chi connectivity index (χ0v) is 10.7. The van der Waals surface area contributed by atoms with Gasteiger partial charge in [0.05, 0.1) is 0 Å². The zero-order chi connectivity index (χ0) is 13.3. The molecular weight excluding hydrogens is 228 g/mol. The average Bonchev–Trinajstić information content (AvgIpc) is 2.29. The Morgan fingerprint density at radius 3 is 2.78 bits per heavy atom. The van der Waals surface area contributed by atoms with E-state index in [-0.39, 0.29) is 0 Å². The van der Waals surface area contributed by atoms with Gasteiger partial charge in [-0.05, 0) is 38.5 Å². The fourth-order valence-corrected chi connectivity index (χ4v) is 1.90. The smallest absolute Gasteiger partial charge is 0.258 e. The maximum atomic E-state index is 11.1. The van der Waals surface area contributed by atoms with Crippen molar-refractivity contribution in [1.29, 1.82) is 0 Å². The van der Waals surface area contributed by atoms with Crippen molar-refractivity contribution in [2.75, 3.05) is 0 Å². The molecule has 0 fully saturated rings. The molecule has 18 heavy (non-hydrogen) atoms. The molecule has 2 rings (SSSR count). The Hall–Kier alpha value is -2.10. The van der Waals surface area contributed by atoms with Crippen molar-refractivity contribution >= 4 is 16.8 Å². The molecular formula is C14H16N2O2. The summed E-state index contributed by atoms with van der Waals surface area (Å²) in [5, 5.41) is 1.02. The molecule has 1 atom stereocenters. The molecule has 94 valence electrons. The van der Waals surface area contributed by atoms with Gasteiger partial charge in [-0.1, -0.05) is 12.1 Å². The van der Waals surface area contributed by atoms with E-state index in [1.54, 1.807) is 13.0 Å². The SMILES string of the molecule is Cc1cc(C)c2cccc(OC(C)C(N)=O)c2n1. The van der Waals surface area contributed by atoms with Gasteiger partial charge < -0.3 is 10.5 Å². The van der Waals surface area contributed by atoms with Crippen LogP contribution in [0.2, 0.25) is 0 Å². The molecule has 2 N–H and O–H groups in total. The van der Waals surface area contributed by atoms with Crippen LogP contribution in [0, 0.1) is 13.8 Å². The quantitative estimate of drug-likeness (QED) is 0.899. The molecule has 0 radical (unpaired) electrons. The van der Waals surface area contributed by atoms with E-state index in [9.17, 15) is 4.79 Å². The summed E-state index contributed by atoms with van der Waals surface area (Å²) >= 11 is 0. The van der Waals surface area contributed by atoms with Crippen molar-refractivity contribution in [3.8, 4) is 5.75 Å². The third-order valence-corrected chi connectivity index (χ3v) is 2.84. The number of hydrogen-bond donors (Lipinski definition) is 1. The van der Waals surface area contributed by atoms with Gasteiger partial charge in [-0.2, -0.15) is 0 Å². The van der Waals surface area contributed by atoms with E-state index in [0.717, 1.165) is 22.2 Å². The summed E-state index contributed by atoms with van der Waals surface area (Å²) in [6, 6.07) is 7.69. The van der Waals surface area contributed by atoms with Crippen LogP contribution in [0.3, 0.4) is 0 Å². The van der Waals surface area contributed by atoms with Gasteiger partial charge in [0.15, 0.2) is 6.10 Å². The second-order valence-corrected chi connectivity index (χ2v) is 4.40. The Balaban J connectivity index is 2.54. The highest BCUT2D eigenvalue weighted by Crippen LogP contribution is 2.27. The minimum absolute atomic E-state index is 0.489. The number of rotatable bonds is 3. The first-order valence-corrected chi connectivity index (χ1v) is 5.82. The highest BCUT2D eigenvalue weighted by atomic mass is 16.5. The lowest BCUT2D eigenvalue weighted by Gasteiger charge is -2.14. The van der Waals surface area contributed by atoms with E-state index in [4.69, 9.17) is 10.5 Å². The summed E-state index contributed by atoms with van der Waals surface area (Å²) in [5.41, 5.74) is 8.02. The lowest BCUT2D eigenvalue weighted by Crippen LogP contribution is -2.30. The van der Waals surface area contributed by atoms with Gasteiger partial charge in [-0.15, -0.1) is 0 Å². The number of amides is 1. The summed E-state index contributed by atoms with van der Waals surface area (Å²) in [5.74, 6) is 0.0991. The number of aromatic nitrogens is 1. The van der Waals surface area contributed by atoms with E-state index in [0.29, 0.717) is 5.75 Å². The van der Waals surface area contributed by atoms with E-state index >= 15 is 0 Å². The predicted molar refractivity (Wildman–Crippen MR) is 70.5 cm³/mol. The van der Waals surface area contributed by atoms with E-state index in [1.807, 2.05) is 32.0 Å². The van der Waals surface area contributed by atoms with Crippen LogP contribution in [-0.2, 0) is 4.79 Å². The lowest BCUT2D eigenvalue weighted by atomic mass is 10.1. The highest BCUT2D eigenvalue weighted by Gasteiger charge is 2.13. The molecule has 1 aromatic carbocycles. The Labute approximate surface area is 106 Å². The van der Waals surface area contributed by atoms with E-state index in [2.05, 4.69) is 4.98 Å². The molecule has 0 aliphatic rings. The van der Waals surface area contributed by atoms with Crippen LogP contribution in [0.1, 0.15) is 18.2 Å². The van der Waals surface area contributed by atoms with Crippen molar-refractivity contribution in [3.63, 3.8) is 0 Å². The molecule has 1 amide bonds. The van der Waals surface area contributed by atoms with Gasteiger partial charge in [0, 0.05) is 11.1 Å². The molecule has 1 heterocycles. The molecule has 0 aliphatic heterocycles. The summed E-state index contributed by atoms with van der Waals surface area (Å²) in [6.07, 6.45) is -0.668. The van der Waals surface area contributed by atoms with Crippen LogP contribution < -0.4 is 10.5 Å². The van der Waals surface area contributed by atoms with Crippen LogP contribution in [-0.4, -0.2) is 17.0 Å². The maximum absolute atomic E-state index is 11.1. The Bertz CT molecular complexity index is 608. The predicted octanol–water partition coefficient (Wildman–Crippen LogP) is 2.10. The van der Waals surface area contributed by atoms with Gasteiger partial charge in [0.2, 0.25) is 0 Å². The number of para-hydroxylation sites is 1. The van der Waals surface area contributed by atoms with Crippen LogP contribution in [0.4, 0.5) is 0 Å². The molecule has 4 nitrogen and oxygen atoms in total. The monoisotopic (exact) mass is 244 g/mol. The minimum Gasteiger partial charge on any atom is -0.479 e. The topological polar surface area (TPSA) is 65.2 Å². The van der Waals surface area contributed by atoms with Crippen LogP contribution in [0.25, 0.3) is 10.9 Å². The largest absolute Gasteiger partial charge is 0.479 e. The van der Waals surface area contributed by atoms with Gasteiger partial charge in [-0.25, -0.2) is 4.98 Å². The number of pyridine rings is 1. The molecule has 4 heteroatoms. The Morgan fingerprint density at radius 1 is 1.39 bits per heavy atom. The number of benzene rings is 1. The first kappa shape index (κ1) is 12.4. The lowest BCUT2D eigenvalue weighted by molar-refractivity contribution is -0.123. The van der Waals surface area contributed by atoms with Crippen LogP contribution in [0.5, 0.6) is 5.75 Å². The molecule has 2 aromatic rings. The van der Waals surface area contributed by atoms with Gasteiger partial charge >= 0.3 is 0 Å². The molecule has 0 spiro atoms. The summed E-state index contributed by atoms with van der Waals surface area (Å²) in [7, 11) is 0. The summed E-state index contributed by atoms with van der Waals surface area (Å²) in [6.45, 7) is 5.59. The number of hydrogen-bond acceptors (Lipinski definition) is 3. The van der Waals surface area contributed by atoms with Crippen molar-refractivity contribution in [3.05, 3.63) is 35.5 Å². The first-order chi connectivity index (χ1) is 8.49. The second kappa shape index (κ2) is 4.64. The number of primary amides is 1. The number of carbonyl (C=O) groups is 1. The highest BCUT2D eigenvalue weighted by molar-refractivity contribution is 5.88. The van der Waals surface area contributed by atoms with E-state index < -0.39 is 12.0 Å². The Kier molecular flexibility index (Phi) is 3.19. The van der Waals surface area contributed by atoms with Gasteiger partial charge in [-0.3, -0.25) is 4.79 Å². The number of fused-ring (bicyclic) bond motifs is 1. The minimum atomic E-state index is -0.668. The van der Waals surface area contributed by atoms with Crippen LogP contribution >= 0.6 is 0 Å². The number of nitrogens with zero attached hydrogens (tertiary/aromatic N) is 1. The fraction of sp³-hybridized carbons (Fsp3) is 0.286. The molecule has 0 bridgehead atoms. The summed E-state index contributed by atoms with van der Waals surface area (Å²) in [4.78, 5) is 15.5. The third-order valence-electron chi connectivity index (χ3n) is 2.84. The zero-order valence-electron chi connectivity index (χ0n) is 10.7. The standard InChI is InChI=1S/C14H16N2O2/c1-8-7-9(2)16-13-11(8)5-4-6-12(13)18-10(3)14(15)17/h4-7,10H,1-3H3,(H2,15,17). The fourth-order valence-electron chi connectivity index (χ4n) is 1.90. The Morgan fingerprint density at radius 2 is 2.11 bits per heavy atom. The molecule has 1 unspecified atom stereocenters. The molecule has 0 aliphatic carbocycles. The number of carbonyl (C=O) groups excluding carboxylic acids is 1. The normalized spacial score (nSPS) is 12.4. The molecule has 0 saturated carbocycles. The average molecular weight is 244 g/mol. The van der Waals surface area contributed by atoms with Crippen molar-refractivity contribution in [1.82, 2.24) is 4.98 Å². The van der Waals surface area contributed by atoms with Gasteiger partial charge in [0.25, 0.3) is 5.91 Å². The number of ether oxygens (including phenoxy) is 1. The van der Waals surface area contributed by atoms with Crippen molar-refractivity contribution < 1.29 is 9.53 Å². The molecule has 0 saturated heterocycles. The van der Waals surface area contributed by atoms with Crippen LogP contribution in [0.15, 0.2) is 24.3 Å². The summed E-state index contributed by atoms with van der Waals surface area (Å²) < 4.78 is 5.56. The van der Waals surface area contributed by atoms with Gasteiger partial charge in [0.1, 0.15) is 11.3 Å².